The van der Waals surface area contributed by atoms with Crippen LogP contribution in [-0.4, -0.2) is 44.3 Å². The van der Waals surface area contributed by atoms with Gasteiger partial charge in [0.2, 0.25) is 0 Å². The van der Waals surface area contributed by atoms with Crippen LogP contribution in [0.2, 0.25) is 0 Å². The summed E-state index contributed by atoms with van der Waals surface area (Å²) in [7, 11) is 0. The van der Waals surface area contributed by atoms with Gasteiger partial charge in [-0.1, -0.05) is 0 Å². The average Bonchev–Trinajstić information content (AvgIpc) is 3.09. The Morgan fingerprint density at radius 1 is 0.500 bits per heavy atom. The van der Waals surface area contributed by atoms with Crippen LogP contribution in [-0.2, 0) is 19.2 Å². The summed E-state index contributed by atoms with van der Waals surface area (Å²) in [5, 5.41) is 34.1. The standard InChI is InChI=1S/2C7H10O4/c2*8-6(9)4-1-2-5(3-4)7(10)11/h2*4-5H,1-3H2,(H,8,9)(H,10,11)/t2*4-,5-/m10/s1. The number of rotatable bonds is 4. The first kappa shape index (κ1) is 17.9. The molecule has 0 saturated heterocycles. The molecule has 0 aromatic heterocycles. The van der Waals surface area contributed by atoms with Crippen LogP contribution in [0, 0.1) is 23.7 Å². The highest BCUT2D eigenvalue weighted by atomic mass is 16.4. The van der Waals surface area contributed by atoms with Gasteiger partial charge in [-0.15, -0.1) is 0 Å². The van der Waals surface area contributed by atoms with Crippen molar-refractivity contribution in [2.45, 2.75) is 38.5 Å². The zero-order valence-corrected chi connectivity index (χ0v) is 12.0. The monoisotopic (exact) mass is 316 g/mol. The molecule has 0 aliphatic heterocycles. The summed E-state index contributed by atoms with van der Waals surface area (Å²) in [6.07, 6.45) is 2.62. The van der Waals surface area contributed by atoms with Crippen molar-refractivity contribution < 1.29 is 39.6 Å². The van der Waals surface area contributed by atoms with E-state index >= 15 is 0 Å². The Hall–Kier alpha value is -2.12. The highest BCUT2D eigenvalue weighted by Crippen LogP contribution is 2.31. The first-order valence-corrected chi connectivity index (χ1v) is 7.13. The molecule has 124 valence electrons. The van der Waals surface area contributed by atoms with Crippen LogP contribution in [0.3, 0.4) is 0 Å². The molecular weight excluding hydrogens is 296 g/mol. The molecule has 8 heteroatoms. The molecular formula is C14H20O8. The third-order valence-corrected chi connectivity index (χ3v) is 4.26. The molecule has 22 heavy (non-hydrogen) atoms. The minimum absolute atomic E-state index is 0.296. The van der Waals surface area contributed by atoms with Gasteiger partial charge < -0.3 is 20.4 Å². The molecule has 0 amide bonds. The summed E-state index contributed by atoms with van der Waals surface area (Å²) in [5.41, 5.74) is 0. The second-order valence-electron chi connectivity index (χ2n) is 5.77. The summed E-state index contributed by atoms with van der Waals surface area (Å²) in [6.45, 7) is 0. The highest BCUT2D eigenvalue weighted by molar-refractivity contribution is 5.75. The van der Waals surface area contributed by atoms with Gasteiger partial charge >= 0.3 is 23.9 Å². The van der Waals surface area contributed by atoms with Gasteiger partial charge in [0.25, 0.3) is 0 Å². The lowest BCUT2D eigenvalue weighted by molar-refractivity contribution is -0.145. The van der Waals surface area contributed by atoms with Gasteiger partial charge in [-0.3, -0.25) is 19.2 Å². The molecule has 2 aliphatic carbocycles. The van der Waals surface area contributed by atoms with Gasteiger partial charge in [0, 0.05) is 0 Å². The SMILES string of the molecule is O=C(O)[C@@H]1CC[C@@H](C(=O)O)C1.O=C(O)[C@H]1CC[C@H](C(=O)O)C1. The molecule has 0 spiro atoms. The van der Waals surface area contributed by atoms with E-state index in [0.717, 1.165) is 0 Å². The quantitative estimate of drug-likeness (QED) is 0.603. The van der Waals surface area contributed by atoms with Crippen molar-refractivity contribution in [2.24, 2.45) is 23.7 Å². The van der Waals surface area contributed by atoms with Gasteiger partial charge in [-0.05, 0) is 38.5 Å². The molecule has 0 bridgehead atoms. The van der Waals surface area contributed by atoms with Crippen molar-refractivity contribution in [3.63, 3.8) is 0 Å². The fourth-order valence-corrected chi connectivity index (χ4v) is 2.86. The van der Waals surface area contributed by atoms with Crippen molar-refractivity contribution in [1.82, 2.24) is 0 Å². The normalized spacial score (nSPS) is 30.2. The second kappa shape index (κ2) is 7.77. The minimum Gasteiger partial charge on any atom is -0.481 e. The van der Waals surface area contributed by atoms with Gasteiger partial charge in [-0.2, -0.15) is 0 Å². The smallest absolute Gasteiger partial charge is 0.306 e. The number of carbonyl (C=O) groups is 4. The maximum absolute atomic E-state index is 10.4. The molecule has 0 radical (unpaired) electrons. The van der Waals surface area contributed by atoms with E-state index in [9.17, 15) is 19.2 Å². The number of carboxylic acid groups (broad SMARTS) is 4. The third kappa shape index (κ3) is 5.01. The minimum atomic E-state index is -0.867. The molecule has 4 atom stereocenters. The van der Waals surface area contributed by atoms with E-state index in [1.54, 1.807) is 0 Å². The van der Waals surface area contributed by atoms with E-state index in [0.29, 0.717) is 38.5 Å². The molecule has 2 aliphatic rings. The van der Waals surface area contributed by atoms with Crippen molar-refractivity contribution in [3.8, 4) is 0 Å². The number of aliphatic carboxylic acids is 4. The Labute approximate surface area is 126 Å². The van der Waals surface area contributed by atoms with E-state index in [2.05, 4.69) is 0 Å². The van der Waals surface area contributed by atoms with Crippen LogP contribution in [0.25, 0.3) is 0 Å². The first-order valence-electron chi connectivity index (χ1n) is 7.13. The summed E-state index contributed by atoms with van der Waals surface area (Å²) >= 11 is 0. The van der Waals surface area contributed by atoms with E-state index < -0.39 is 47.5 Å². The van der Waals surface area contributed by atoms with Crippen molar-refractivity contribution in [3.05, 3.63) is 0 Å². The molecule has 0 aromatic carbocycles. The van der Waals surface area contributed by atoms with Gasteiger partial charge in [0.1, 0.15) is 0 Å². The molecule has 4 N–H and O–H groups in total. The fraction of sp³-hybridized carbons (Fsp3) is 0.714. The maximum Gasteiger partial charge on any atom is 0.306 e. The fourth-order valence-electron chi connectivity index (χ4n) is 2.86. The van der Waals surface area contributed by atoms with Crippen LogP contribution in [0.5, 0.6) is 0 Å². The van der Waals surface area contributed by atoms with E-state index in [4.69, 9.17) is 20.4 Å². The number of carboxylic acids is 4. The molecule has 2 saturated carbocycles. The molecule has 0 aromatic rings. The lowest BCUT2D eigenvalue weighted by Crippen LogP contribution is -2.13. The van der Waals surface area contributed by atoms with Crippen molar-refractivity contribution in [1.29, 1.82) is 0 Å². The first-order chi connectivity index (χ1) is 10.2. The topological polar surface area (TPSA) is 149 Å². The third-order valence-electron chi connectivity index (χ3n) is 4.26. The zero-order chi connectivity index (χ0) is 16.9. The molecule has 0 heterocycles. The van der Waals surface area contributed by atoms with Gasteiger partial charge in [0.05, 0.1) is 23.7 Å². The van der Waals surface area contributed by atoms with Gasteiger partial charge in [-0.25, -0.2) is 0 Å². The second-order valence-corrected chi connectivity index (χ2v) is 5.77. The zero-order valence-electron chi connectivity index (χ0n) is 12.0. The van der Waals surface area contributed by atoms with Crippen LogP contribution in [0.15, 0.2) is 0 Å². The van der Waals surface area contributed by atoms with E-state index in [1.807, 2.05) is 0 Å². The summed E-state index contributed by atoms with van der Waals surface area (Å²) in [4.78, 5) is 41.5. The largest absolute Gasteiger partial charge is 0.481 e. The predicted molar refractivity (Wildman–Crippen MR) is 72.2 cm³/mol. The van der Waals surface area contributed by atoms with E-state index in [1.165, 1.54) is 0 Å². The number of hydrogen-bond acceptors (Lipinski definition) is 4. The lowest BCUT2D eigenvalue weighted by Gasteiger charge is -2.01. The summed E-state index contributed by atoms with van der Waals surface area (Å²) in [5.74, 6) is -5.20. The lowest BCUT2D eigenvalue weighted by atomic mass is 10.1. The Morgan fingerprint density at radius 2 is 0.682 bits per heavy atom. The number of hydrogen-bond donors (Lipinski definition) is 4. The molecule has 2 fully saturated rings. The van der Waals surface area contributed by atoms with E-state index in [-0.39, 0.29) is 0 Å². The van der Waals surface area contributed by atoms with Crippen LogP contribution < -0.4 is 0 Å². The Kier molecular flexibility index (Phi) is 6.33. The van der Waals surface area contributed by atoms with Crippen LogP contribution in [0.4, 0.5) is 0 Å². The van der Waals surface area contributed by atoms with Crippen LogP contribution in [0.1, 0.15) is 38.5 Å². The Morgan fingerprint density at radius 3 is 0.773 bits per heavy atom. The molecule has 0 unspecified atom stereocenters. The molecule has 8 nitrogen and oxygen atoms in total. The summed E-state index contributed by atoms with van der Waals surface area (Å²) < 4.78 is 0. The predicted octanol–water partition coefficient (Wildman–Crippen LogP) is 1.14. The molecule has 2 rings (SSSR count). The highest BCUT2D eigenvalue weighted by Gasteiger charge is 2.34. The van der Waals surface area contributed by atoms with Crippen molar-refractivity contribution in [2.75, 3.05) is 0 Å². The Bertz CT molecular complexity index is 376. The maximum atomic E-state index is 10.4. The summed E-state index contributed by atoms with van der Waals surface area (Å²) in [6, 6.07) is 0. The van der Waals surface area contributed by atoms with Gasteiger partial charge in [0.15, 0.2) is 0 Å². The Balaban J connectivity index is 0.000000220. The van der Waals surface area contributed by atoms with Crippen LogP contribution >= 0.6 is 0 Å². The average molecular weight is 316 g/mol. The van der Waals surface area contributed by atoms with Crippen molar-refractivity contribution >= 4 is 23.9 Å².